The fraction of sp³-hybridized carbons (Fsp3) is 0.250. The molecular weight excluding hydrogens is 330 g/mol. The number of nitrogens with one attached hydrogen (secondary N) is 1. The van der Waals surface area contributed by atoms with Crippen molar-refractivity contribution in [2.24, 2.45) is 0 Å². The highest BCUT2D eigenvalue weighted by molar-refractivity contribution is 6.04. The van der Waals surface area contributed by atoms with E-state index in [4.69, 9.17) is 0 Å². The van der Waals surface area contributed by atoms with Gasteiger partial charge >= 0.3 is 6.03 Å². The molecule has 0 bridgehead atoms. The van der Waals surface area contributed by atoms with Gasteiger partial charge in [-0.1, -0.05) is 30.3 Å². The third-order valence-corrected chi connectivity index (χ3v) is 4.66. The van der Waals surface area contributed by atoms with Crippen molar-refractivity contribution in [2.45, 2.75) is 25.4 Å². The maximum atomic E-state index is 12.3. The van der Waals surface area contributed by atoms with Crippen molar-refractivity contribution in [2.75, 3.05) is 11.9 Å². The number of carbonyl (C=O) groups is 3. The fourth-order valence-corrected chi connectivity index (χ4v) is 3.06. The van der Waals surface area contributed by atoms with E-state index in [1.165, 1.54) is 4.90 Å². The van der Waals surface area contributed by atoms with Gasteiger partial charge in [0.05, 0.1) is 6.54 Å². The lowest BCUT2D eigenvalue weighted by atomic mass is 10.1. The van der Waals surface area contributed by atoms with Crippen molar-refractivity contribution in [3.63, 3.8) is 0 Å². The summed E-state index contributed by atoms with van der Waals surface area (Å²) in [6, 6.07) is 16.2. The van der Waals surface area contributed by atoms with Crippen LogP contribution in [0, 0.1) is 0 Å². The lowest BCUT2D eigenvalue weighted by Crippen LogP contribution is -2.33. The molecule has 0 spiro atoms. The Morgan fingerprint density at radius 1 is 1.00 bits per heavy atom. The Balaban J connectivity index is 1.40. The van der Waals surface area contributed by atoms with E-state index >= 15 is 0 Å². The van der Waals surface area contributed by atoms with Crippen LogP contribution in [0.2, 0.25) is 0 Å². The number of nitrogens with zero attached hydrogens (tertiary/aromatic N) is 2. The van der Waals surface area contributed by atoms with Gasteiger partial charge in [-0.15, -0.1) is 0 Å². The quantitative estimate of drug-likeness (QED) is 0.844. The summed E-state index contributed by atoms with van der Waals surface area (Å²) in [4.78, 5) is 39.7. The molecule has 1 aliphatic heterocycles. The average Bonchev–Trinajstić information content (AvgIpc) is 3.46. The Bertz CT molecular complexity index is 844. The van der Waals surface area contributed by atoms with E-state index in [9.17, 15) is 14.4 Å². The molecule has 1 heterocycles. The molecule has 4 amide bonds. The van der Waals surface area contributed by atoms with Crippen molar-refractivity contribution in [1.82, 2.24) is 9.80 Å². The summed E-state index contributed by atoms with van der Waals surface area (Å²) in [5.74, 6) is -0.358. The minimum absolute atomic E-state index is 0.159. The normalized spacial score (nSPS) is 16.9. The monoisotopic (exact) mass is 349 g/mol. The minimum atomic E-state index is -0.205. The molecule has 1 aliphatic carbocycles. The first kappa shape index (κ1) is 16.3. The van der Waals surface area contributed by atoms with Crippen LogP contribution in [0.4, 0.5) is 10.5 Å². The molecule has 0 atom stereocenters. The minimum Gasteiger partial charge on any atom is -0.322 e. The molecule has 1 N–H and O–H groups in total. The zero-order chi connectivity index (χ0) is 18.1. The van der Waals surface area contributed by atoms with Gasteiger partial charge < -0.3 is 10.2 Å². The van der Waals surface area contributed by atoms with Crippen LogP contribution in [0.25, 0.3) is 0 Å². The third kappa shape index (κ3) is 3.31. The Kier molecular flexibility index (Phi) is 4.16. The summed E-state index contributed by atoms with van der Waals surface area (Å²) < 4.78 is 0. The van der Waals surface area contributed by atoms with Gasteiger partial charge in [0.25, 0.3) is 11.8 Å². The predicted molar refractivity (Wildman–Crippen MR) is 96.5 cm³/mol. The molecular formula is C20H19N3O3. The molecule has 26 heavy (non-hydrogen) atoms. The van der Waals surface area contributed by atoms with Gasteiger partial charge in [-0.3, -0.25) is 14.5 Å². The van der Waals surface area contributed by atoms with E-state index in [-0.39, 0.29) is 37.0 Å². The standard InChI is InChI=1S/C20H19N3O3/c24-18-13-22(17-10-11-17)20(26)23(18)12-14-6-8-15(9-7-14)19(25)21-16-4-2-1-3-5-16/h1-9,17H,10-13H2,(H,21,25). The van der Waals surface area contributed by atoms with Crippen LogP contribution in [0.15, 0.2) is 54.6 Å². The van der Waals surface area contributed by atoms with Gasteiger partial charge in [0.1, 0.15) is 6.54 Å². The second-order valence-electron chi connectivity index (χ2n) is 6.64. The smallest absolute Gasteiger partial charge is 0.322 e. The number of hydrogen-bond donors (Lipinski definition) is 1. The van der Waals surface area contributed by atoms with Crippen molar-refractivity contribution in [1.29, 1.82) is 0 Å². The predicted octanol–water partition coefficient (Wildman–Crippen LogP) is 2.87. The van der Waals surface area contributed by atoms with Crippen LogP contribution in [-0.2, 0) is 11.3 Å². The maximum absolute atomic E-state index is 12.3. The summed E-state index contributed by atoms with van der Waals surface area (Å²) in [7, 11) is 0. The molecule has 2 aromatic carbocycles. The van der Waals surface area contributed by atoms with Gasteiger partial charge in [0, 0.05) is 17.3 Å². The second kappa shape index (κ2) is 6.63. The van der Waals surface area contributed by atoms with Crippen LogP contribution in [-0.4, -0.2) is 40.2 Å². The first-order chi connectivity index (χ1) is 12.6. The average molecular weight is 349 g/mol. The van der Waals surface area contributed by atoms with Crippen molar-refractivity contribution in [3.05, 3.63) is 65.7 Å². The van der Waals surface area contributed by atoms with Crippen molar-refractivity contribution < 1.29 is 14.4 Å². The number of imide groups is 1. The molecule has 2 fully saturated rings. The molecule has 6 nitrogen and oxygen atoms in total. The Labute approximate surface area is 151 Å². The van der Waals surface area contributed by atoms with E-state index < -0.39 is 0 Å². The number of para-hydroxylation sites is 1. The molecule has 6 heteroatoms. The summed E-state index contributed by atoms with van der Waals surface area (Å²) in [5.41, 5.74) is 2.08. The highest BCUT2D eigenvalue weighted by Gasteiger charge is 2.43. The van der Waals surface area contributed by atoms with Crippen LogP contribution in [0.5, 0.6) is 0 Å². The SMILES string of the molecule is O=C(Nc1ccccc1)c1ccc(CN2C(=O)CN(C3CC3)C2=O)cc1. The van der Waals surface area contributed by atoms with Gasteiger partial charge in [-0.25, -0.2) is 4.79 Å². The Hall–Kier alpha value is -3.15. The van der Waals surface area contributed by atoms with E-state index in [0.29, 0.717) is 5.56 Å². The number of rotatable bonds is 5. The van der Waals surface area contributed by atoms with E-state index in [1.54, 1.807) is 29.2 Å². The molecule has 0 radical (unpaired) electrons. The zero-order valence-corrected chi connectivity index (χ0v) is 14.2. The zero-order valence-electron chi connectivity index (χ0n) is 14.2. The number of hydrogen-bond acceptors (Lipinski definition) is 3. The van der Waals surface area contributed by atoms with Gasteiger partial charge in [0.2, 0.25) is 0 Å². The van der Waals surface area contributed by atoms with Gasteiger partial charge in [-0.2, -0.15) is 0 Å². The lowest BCUT2D eigenvalue weighted by molar-refractivity contribution is -0.125. The topological polar surface area (TPSA) is 69.7 Å². The van der Waals surface area contributed by atoms with Gasteiger partial charge in [-0.05, 0) is 42.7 Å². The first-order valence-corrected chi connectivity index (χ1v) is 8.68. The van der Waals surface area contributed by atoms with Crippen molar-refractivity contribution in [3.8, 4) is 0 Å². The van der Waals surface area contributed by atoms with Crippen molar-refractivity contribution >= 4 is 23.5 Å². The molecule has 1 saturated carbocycles. The molecule has 2 aromatic rings. The van der Waals surface area contributed by atoms with Crippen LogP contribution in [0.3, 0.4) is 0 Å². The largest absolute Gasteiger partial charge is 0.327 e. The number of benzene rings is 2. The summed E-state index contributed by atoms with van der Waals surface area (Å²) in [5, 5.41) is 2.83. The maximum Gasteiger partial charge on any atom is 0.327 e. The number of amides is 4. The molecule has 1 saturated heterocycles. The second-order valence-corrected chi connectivity index (χ2v) is 6.64. The summed E-state index contributed by atoms with van der Waals surface area (Å²) in [6.45, 7) is 0.419. The lowest BCUT2D eigenvalue weighted by Gasteiger charge is -2.16. The molecule has 2 aliphatic rings. The van der Waals surface area contributed by atoms with E-state index in [1.807, 2.05) is 30.3 Å². The highest BCUT2D eigenvalue weighted by atomic mass is 16.2. The molecule has 4 rings (SSSR count). The van der Waals surface area contributed by atoms with Crippen LogP contribution in [0.1, 0.15) is 28.8 Å². The Morgan fingerprint density at radius 2 is 1.69 bits per heavy atom. The number of anilines is 1. The number of urea groups is 1. The first-order valence-electron chi connectivity index (χ1n) is 8.68. The van der Waals surface area contributed by atoms with Gasteiger partial charge in [0.15, 0.2) is 0 Å². The number of carbonyl (C=O) groups excluding carboxylic acids is 3. The third-order valence-electron chi connectivity index (χ3n) is 4.66. The summed E-state index contributed by atoms with van der Waals surface area (Å²) >= 11 is 0. The molecule has 0 unspecified atom stereocenters. The molecule has 132 valence electrons. The fourth-order valence-electron chi connectivity index (χ4n) is 3.06. The van der Waals surface area contributed by atoms with Crippen LogP contribution < -0.4 is 5.32 Å². The van der Waals surface area contributed by atoms with Crippen LogP contribution >= 0.6 is 0 Å². The molecule has 0 aromatic heterocycles. The Morgan fingerprint density at radius 3 is 2.35 bits per heavy atom. The highest BCUT2D eigenvalue weighted by Crippen LogP contribution is 2.30. The van der Waals surface area contributed by atoms with E-state index in [2.05, 4.69) is 5.32 Å². The van der Waals surface area contributed by atoms with E-state index in [0.717, 1.165) is 24.1 Å². The summed E-state index contributed by atoms with van der Waals surface area (Å²) in [6.07, 6.45) is 1.97.